The molecule has 0 radical (unpaired) electrons. The molecule has 0 saturated carbocycles. The van der Waals surface area contributed by atoms with Crippen LogP contribution in [0.25, 0.3) is 0 Å². The zero-order valence-corrected chi connectivity index (χ0v) is 17.6. The van der Waals surface area contributed by atoms with E-state index in [0.717, 1.165) is 11.6 Å². The van der Waals surface area contributed by atoms with Crippen LogP contribution in [0.5, 0.6) is 0 Å². The van der Waals surface area contributed by atoms with Crippen LogP contribution in [-0.4, -0.2) is 56.3 Å². The first-order valence-corrected chi connectivity index (χ1v) is 11.1. The molecule has 0 aromatic heterocycles. The summed E-state index contributed by atoms with van der Waals surface area (Å²) in [6.07, 6.45) is 0. The Labute approximate surface area is 175 Å². The fraction of sp³-hybridized carbons (Fsp3) is 0.350. The summed E-state index contributed by atoms with van der Waals surface area (Å²) in [4.78, 5) is 14.2. The van der Waals surface area contributed by atoms with Gasteiger partial charge in [0.2, 0.25) is 15.9 Å². The number of amides is 1. The summed E-state index contributed by atoms with van der Waals surface area (Å²) in [5, 5.41) is 3.51. The molecule has 156 valence electrons. The van der Waals surface area contributed by atoms with E-state index in [0.29, 0.717) is 18.1 Å². The summed E-state index contributed by atoms with van der Waals surface area (Å²) < 4.78 is 40.0. The molecular weight excluding hydrogens is 417 g/mol. The second-order valence-electron chi connectivity index (χ2n) is 6.95. The minimum atomic E-state index is -3.74. The summed E-state index contributed by atoms with van der Waals surface area (Å²) >= 11 is 6.17. The van der Waals surface area contributed by atoms with Crippen LogP contribution in [0.2, 0.25) is 5.02 Å². The molecule has 2 aromatic carbocycles. The lowest BCUT2D eigenvalue weighted by Gasteiger charge is -2.33. The maximum absolute atomic E-state index is 13.4. The van der Waals surface area contributed by atoms with Gasteiger partial charge in [-0.2, -0.15) is 4.31 Å². The number of rotatable bonds is 6. The molecule has 1 amide bonds. The van der Waals surface area contributed by atoms with Crippen LogP contribution < -0.4 is 5.32 Å². The van der Waals surface area contributed by atoms with Crippen molar-refractivity contribution in [3.63, 3.8) is 0 Å². The van der Waals surface area contributed by atoms with Crippen molar-refractivity contribution < 1.29 is 17.6 Å². The van der Waals surface area contributed by atoms with Crippen molar-refractivity contribution in [1.82, 2.24) is 14.5 Å². The molecule has 29 heavy (non-hydrogen) atoms. The summed E-state index contributed by atoms with van der Waals surface area (Å²) in [5.74, 6) is -0.743. The molecule has 1 aliphatic heterocycles. The summed E-state index contributed by atoms with van der Waals surface area (Å²) in [6, 6.07) is 12.1. The van der Waals surface area contributed by atoms with Gasteiger partial charge in [0.05, 0.1) is 17.5 Å². The van der Waals surface area contributed by atoms with Gasteiger partial charge >= 0.3 is 0 Å². The van der Waals surface area contributed by atoms with E-state index >= 15 is 0 Å². The molecule has 1 atom stereocenters. The molecule has 6 nitrogen and oxygen atoms in total. The lowest BCUT2D eigenvalue weighted by molar-refractivity contribution is -0.123. The Balaban J connectivity index is 1.53. The first-order valence-electron chi connectivity index (χ1n) is 9.29. The van der Waals surface area contributed by atoms with E-state index in [1.807, 2.05) is 30.0 Å². The number of nitrogens with one attached hydrogen (secondary N) is 1. The van der Waals surface area contributed by atoms with Gasteiger partial charge in [0.15, 0.2) is 0 Å². The lowest BCUT2D eigenvalue weighted by Crippen LogP contribution is -2.51. The number of piperazine rings is 1. The number of benzene rings is 2. The van der Waals surface area contributed by atoms with Crippen LogP contribution in [0.1, 0.15) is 18.5 Å². The molecule has 1 N–H and O–H groups in total. The quantitative estimate of drug-likeness (QED) is 0.751. The average Bonchev–Trinajstić information content (AvgIpc) is 2.68. The van der Waals surface area contributed by atoms with Gasteiger partial charge in [-0.25, -0.2) is 12.8 Å². The SMILES string of the molecule is CC(NC(=O)CN1CCN(S(=O)(=O)c2cccc(F)c2)CC1)c1ccccc1Cl. The Kier molecular flexibility index (Phi) is 6.89. The molecule has 1 heterocycles. The van der Waals surface area contributed by atoms with Gasteiger partial charge in [0.25, 0.3) is 0 Å². The average molecular weight is 440 g/mol. The Morgan fingerprint density at radius 1 is 1.14 bits per heavy atom. The highest BCUT2D eigenvalue weighted by molar-refractivity contribution is 7.89. The van der Waals surface area contributed by atoms with Gasteiger partial charge in [-0.15, -0.1) is 0 Å². The standard InChI is InChI=1S/C20H23ClFN3O3S/c1-15(18-7-2-3-8-19(18)21)23-20(26)14-24-9-11-25(12-10-24)29(27,28)17-6-4-5-16(22)13-17/h2-8,13,15H,9-12,14H2,1H3,(H,23,26). The molecule has 1 unspecified atom stereocenters. The van der Waals surface area contributed by atoms with Gasteiger partial charge in [0, 0.05) is 31.2 Å². The molecule has 0 bridgehead atoms. The number of carbonyl (C=O) groups is 1. The van der Waals surface area contributed by atoms with E-state index in [9.17, 15) is 17.6 Å². The van der Waals surface area contributed by atoms with Gasteiger partial charge in [-0.3, -0.25) is 9.69 Å². The van der Waals surface area contributed by atoms with E-state index in [4.69, 9.17) is 11.6 Å². The minimum Gasteiger partial charge on any atom is -0.348 e. The van der Waals surface area contributed by atoms with Crippen molar-refractivity contribution in [3.05, 3.63) is 64.9 Å². The zero-order valence-electron chi connectivity index (χ0n) is 16.0. The maximum atomic E-state index is 13.4. The van der Waals surface area contributed by atoms with Crippen molar-refractivity contribution in [2.45, 2.75) is 17.9 Å². The van der Waals surface area contributed by atoms with Crippen LogP contribution in [0.15, 0.2) is 53.4 Å². The first-order chi connectivity index (χ1) is 13.8. The van der Waals surface area contributed by atoms with Crippen molar-refractivity contribution in [2.75, 3.05) is 32.7 Å². The topological polar surface area (TPSA) is 69.7 Å². The van der Waals surface area contributed by atoms with Crippen LogP contribution in [-0.2, 0) is 14.8 Å². The number of halogens is 2. The Morgan fingerprint density at radius 2 is 1.83 bits per heavy atom. The highest BCUT2D eigenvalue weighted by Crippen LogP contribution is 2.22. The number of hydrogen-bond donors (Lipinski definition) is 1. The predicted molar refractivity (Wildman–Crippen MR) is 110 cm³/mol. The number of carbonyl (C=O) groups excluding carboxylic acids is 1. The monoisotopic (exact) mass is 439 g/mol. The fourth-order valence-electron chi connectivity index (χ4n) is 3.30. The minimum absolute atomic E-state index is 0.0581. The third-order valence-electron chi connectivity index (χ3n) is 4.88. The van der Waals surface area contributed by atoms with E-state index < -0.39 is 15.8 Å². The second kappa shape index (κ2) is 9.21. The Bertz CT molecular complexity index is 978. The van der Waals surface area contributed by atoms with Gasteiger partial charge in [0.1, 0.15) is 5.82 Å². The van der Waals surface area contributed by atoms with Gasteiger partial charge < -0.3 is 5.32 Å². The summed E-state index contributed by atoms with van der Waals surface area (Å²) in [5.41, 5.74) is 0.841. The Hall–Kier alpha value is -2.00. The van der Waals surface area contributed by atoms with Crippen LogP contribution >= 0.6 is 11.6 Å². The smallest absolute Gasteiger partial charge is 0.243 e. The first kappa shape index (κ1) is 21.7. The maximum Gasteiger partial charge on any atom is 0.243 e. The van der Waals surface area contributed by atoms with Crippen LogP contribution in [0, 0.1) is 5.82 Å². The highest BCUT2D eigenvalue weighted by Gasteiger charge is 2.29. The van der Waals surface area contributed by atoms with Crippen LogP contribution in [0.4, 0.5) is 4.39 Å². The van der Waals surface area contributed by atoms with Crippen molar-refractivity contribution in [3.8, 4) is 0 Å². The van der Waals surface area contributed by atoms with Crippen molar-refractivity contribution in [2.24, 2.45) is 0 Å². The third-order valence-corrected chi connectivity index (χ3v) is 7.12. The largest absolute Gasteiger partial charge is 0.348 e. The molecule has 0 spiro atoms. The van der Waals surface area contributed by atoms with Crippen LogP contribution in [0.3, 0.4) is 0 Å². The van der Waals surface area contributed by atoms with Crippen molar-refractivity contribution in [1.29, 1.82) is 0 Å². The fourth-order valence-corrected chi connectivity index (χ4v) is 5.05. The molecular formula is C20H23ClFN3O3S. The number of sulfonamides is 1. The van der Waals surface area contributed by atoms with E-state index in [-0.39, 0.29) is 36.5 Å². The van der Waals surface area contributed by atoms with E-state index in [1.165, 1.54) is 22.5 Å². The zero-order chi connectivity index (χ0) is 21.0. The van der Waals surface area contributed by atoms with Gasteiger partial charge in [-0.1, -0.05) is 35.9 Å². The summed E-state index contributed by atoms with van der Waals surface area (Å²) in [6.45, 7) is 3.36. The van der Waals surface area contributed by atoms with E-state index in [1.54, 1.807) is 6.07 Å². The molecule has 0 aliphatic carbocycles. The van der Waals surface area contributed by atoms with Gasteiger partial charge in [-0.05, 0) is 36.8 Å². The molecule has 9 heteroatoms. The van der Waals surface area contributed by atoms with E-state index in [2.05, 4.69) is 5.32 Å². The molecule has 3 rings (SSSR count). The molecule has 1 saturated heterocycles. The summed E-state index contributed by atoms with van der Waals surface area (Å²) in [7, 11) is -3.74. The third kappa shape index (κ3) is 5.33. The van der Waals surface area contributed by atoms with Crippen molar-refractivity contribution >= 4 is 27.5 Å². The lowest BCUT2D eigenvalue weighted by atomic mass is 10.1. The normalized spacial score (nSPS) is 17.1. The Morgan fingerprint density at radius 3 is 2.48 bits per heavy atom. The predicted octanol–water partition coefficient (Wildman–Crippen LogP) is 2.66. The molecule has 2 aromatic rings. The molecule has 1 aliphatic rings. The second-order valence-corrected chi connectivity index (χ2v) is 9.29. The molecule has 1 fully saturated rings. The number of nitrogens with zero attached hydrogens (tertiary/aromatic N) is 2. The highest BCUT2D eigenvalue weighted by atomic mass is 35.5. The number of hydrogen-bond acceptors (Lipinski definition) is 4.